The average Bonchev–Trinajstić information content (AvgIpc) is 2.29. The highest BCUT2D eigenvalue weighted by atomic mass is 16.5. The fourth-order valence-electron chi connectivity index (χ4n) is 1.94. The molecule has 16 heavy (non-hydrogen) atoms. The van der Waals surface area contributed by atoms with Crippen LogP contribution in [0, 0.1) is 13.8 Å². The topological polar surface area (TPSA) is 9.23 Å². The number of rotatable bonds is 2. The molecule has 0 aliphatic heterocycles. The third kappa shape index (κ3) is 1.94. The summed E-state index contributed by atoms with van der Waals surface area (Å²) in [5, 5.41) is 0. The second-order valence-electron chi connectivity index (χ2n) is 4.00. The van der Waals surface area contributed by atoms with Gasteiger partial charge in [0.2, 0.25) is 0 Å². The van der Waals surface area contributed by atoms with Crippen molar-refractivity contribution in [3.8, 4) is 16.9 Å². The van der Waals surface area contributed by atoms with Gasteiger partial charge in [0.1, 0.15) is 5.75 Å². The molecule has 0 heterocycles. The van der Waals surface area contributed by atoms with Gasteiger partial charge in [-0.3, -0.25) is 0 Å². The van der Waals surface area contributed by atoms with Crippen molar-refractivity contribution in [1.29, 1.82) is 0 Å². The lowest BCUT2D eigenvalue weighted by Crippen LogP contribution is -1.88. The first-order chi connectivity index (χ1) is 7.72. The molecule has 2 rings (SSSR count). The van der Waals surface area contributed by atoms with Crippen LogP contribution in [-0.4, -0.2) is 7.11 Å². The molecule has 0 atom stereocenters. The lowest BCUT2D eigenvalue weighted by molar-refractivity contribution is 0.412. The molecule has 0 amide bonds. The molecular weight excluding hydrogens is 196 g/mol. The number of methoxy groups -OCH3 is 1. The van der Waals surface area contributed by atoms with Crippen LogP contribution in [0.5, 0.6) is 5.75 Å². The van der Waals surface area contributed by atoms with Crippen LogP contribution < -0.4 is 4.74 Å². The van der Waals surface area contributed by atoms with Crippen LogP contribution in [0.3, 0.4) is 0 Å². The Morgan fingerprint density at radius 3 is 2.25 bits per heavy atom. The van der Waals surface area contributed by atoms with Gasteiger partial charge in [-0.25, -0.2) is 0 Å². The molecule has 0 bridgehead atoms. The maximum absolute atomic E-state index is 5.27. The molecule has 0 saturated carbocycles. The van der Waals surface area contributed by atoms with E-state index in [2.05, 4.69) is 50.2 Å². The van der Waals surface area contributed by atoms with Crippen LogP contribution in [0.2, 0.25) is 0 Å². The summed E-state index contributed by atoms with van der Waals surface area (Å²) in [7, 11) is 1.70. The molecule has 82 valence electrons. The molecule has 0 aliphatic carbocycles. The van der Waals surface area contributed by atoms with E-state index < -0.39 is 0 Å². The van der Waals surface area contributed by atoms with Gasteiger partial charge in [0.25, 0.3) is 0 Å². The Bertz CT molecular complexity index is 501. The molecular formula is C15H16O. The van der Waals surface area contributed by atoms with Crippen molar-refractivity contribution < 1.29 is 4.74 Å². The SMILES string of the molecule is COc1ccc(-c2ccccc2C)cc1C. The number of hydrogen-bond acceptors (Lipinski definition) is 1. The molecule has 2 aromatic carbocycles. The minimum absolute atomic E-state index is 0.942. The highest BCUT2D eigenvalue weighted by Gasteiger charge is 2.03. The summed E-state index contributed by atoms with van der Waals surface area (Å²) < 4.78 is 5.27. The average molecular weight is 212 g/mol. The standard InChI is InChI=1S/C15H16O/c1-11-6-4-5-7-14(11)13-8-9-15(16-3)12(2)10-13/h4-10H,1-3H3. The summed E-state index contributed by atoms with van der Waals surface area (Å²) in [5.41, 5.74) is 5.00. The zero-order valence-corrected chi connectivity index (χ0v) is 9.95. The molecule has 0 saturated heterocycles. The van der Waals surface area contributed by atoms with Crippen molar-refractivity contribution in [3.05, 3.63) is 53.6 Å². The van der Waals surface area contributed by atoms with Crippen molar-refractivity contribution in [1.82, 2.24) is 0 Å². The molecule has 0 spiro atoms. The van der Waals surface area contributed by atoms with Crippen LogP contribution in [0.25, 0.3) is 11.1 Å². The van der Waals surface area contributed by atoms with Crippen molar-refractivity contribution >= 4 is 0 Å². The predicted molar refractivity (Wildman–Crippen MR) is 67.9 cm³/mol. The first-order valence-corrected chi connectivity index (χ1v) is 5.43. The van der Waals surface area contributed by atoms with Crippen molar-refractivity contribution in [2.75, 3.05) is 7.11 Å². The first-order valence-electron chi connectivity index (χ1n) is 5.43. The fraction of sp³-hybridized carbons (Fsp3) is 0.200. The lowest BCUT2D eigenvalue weighted by Gasteiger charge is -2.09. The molecule has 1 heteroatoms. The van der Waals surface area contributed by atoms with Crippen molar-refractivity contribution in [2.24, 2.45) is 0 Å². The number of hydrogen-bond donors (Lipinski definition) is 0. The Kier molecular flexibility index (Phi) is 2.95. The van der Waals surface area contributed by atoms with Gasteiger partial charge in [-0.05, 0) is 48.2 Å². The summed E-state index contributed by atoms with van der Waals surface area (Å²) in [4.78, 5) is 0. The summed E-state index contributed by atoms with van der Waals surface area (Å²) in [6.45, 7) is 4.20. The maximum atomic E-state index is 5.27. The lowest BCUT2D eigenvalue weighted by atomic mass is 9.99. The monoisotopic (exact) mass is 212 g/mol. The van der Waals surface area contributed by atoms with Gasteiger partial charge in [0.05, 0.1) is 7.11 Å². The Hall–Kier alpha value is -1.76. The summed E-state index contributed by atoms with van der Waals surface area (Å²) in [5.74, 6) is 0.942. The van der Waals surface area contributed by atoms with Crippen LogP contribution >= 0.6 is 0 Å². The Labute approximate surface area is 96.7 Å². The van der Waals surface area contributed by atoms with E-state index in [-0.39, 0.29) is 0 Å². The van der Waals surface area contributed by atoms with E-state index in [1.54, 1.807) is 7.11 Å². The van der Waals surface area contributed by atoms with Gasteiger partial charge in [0.15, 0.2) is 0 Å². The minimum atomic E-state index is 0.942. The number of aryl methyl sites for hydroxylation is 2. The summed E-state index contributed by atoms with van der Waals surface area (Å²) in [6.07, 6.45) is 0. The summed E-state index contributed by atoms with van der Waals surface area (Å²) in [6, 6.07) is 14.7. The highest BCUT2D eigenvalue weighted by molar-refractivity contribution is 5.68. The normalized spacial score (nSPS) is 10.2. The second-order valence-corrected chi connectivity index (χ2v) is 4.00. The van der Waals surface area contributed by atoms with E-state index in [1.165, 1.54) is 22.3 Å². The largest absolute Gasteiger partial charge is 0.496 e. The molecule has 0 aromatic heterocycles. The molecule has 0 radical (unpaired) electrons. The highest BCUT2D eigenvalue weighted by Crippen LogP contribution is 2.27. The van der Waals surface area contributed by atoms with Crippen LogP contribution in [0.4, 0.5) is 0 Å². The van der Waals surface area contributed by atoms with E-state index in [9.17, 15) is 0 Å². The smallest absolute Gasteiger partial charge is 0.121 e. The third-order valence-corrected chi connectivity index (χ3v) is 2.85. The van der Waals surface area contributed by atoms with Crippen molar-refractivity contribution in [3.63, 3.8) is 0 Å². The Morgan fingerprint density at radius 2 is 1.62 bits per heavy atom. The third-order valence-electron chi connectivity index (χ3n) is 2.85. The first kappa shape index (κ1) is 10.7. The molecule has 0 unspecified atom stereocenters. The molecule has 0 N–H and O–H groups in total. The van der Waals surface area contributed by atoms with Crippen LogP contribution in [-0.2, 0) is 0 Å². The van der Waals surface area contributed by atoms with Gasteiger partial charge < -0.3 is 4.74 Å². The molecule has 0 fully saturated rings. The van der Waals surface area contributed by atoms with Gasteiger partial charge in [-0.15, -0.1) is 0 Å². The second kappa shape index (κ2) is 4.40. The van der Waals surface area contributed by atoms with Crippen molar-refractivity contribution in [2.45, 2.75) is 13.8 Å². The van der Waals surface area contributed by atoms with Gasteiger partial charge in [-0.2, -0.15) is 0 Å². The predicted octanol–water partition coefficient (Wildman–Crippen LogP) is 3.98. The quantitative estimate of drug-likeness (QED) is 0.731. The van der Waals surface area contributed by atoms with Gasteiger partial charge >= 0.3 is 0 Å². The Balaban J connectivity index is 2.50. The van der Waals surface area contributed by atoms with Gasteiger partial charge in [-0.1, -0.05) is 30.3 Å². The zero-order valence-electron chi connectivity index (χ0n) is 9.95. The van der Waals surface area contributed by atoms with Gasteiger partial charge in [0, 0.05) is 0 Å². The molecule has 2 aromatic rings. The minimum Gasteiger partial charge on any atom is -0.496 e. The van der Waals surface area contributed by atoms with Crippen LogP contribution in [0.15, 0.2) is 42.5 Å². The molecule has 0 aliphatic rings. The molecule has 1 nitrogen and oxygen atoms in total. The Morgan fingerprint density at radius 1 is 0.875 bits per heavy atom. The van der Waals surface area contributed by atoms with E-state index >= 15 is 0 Å². The number of ether oxygens (including phenoxy) is 1. The van der Waals surface area contributed by atoms with E-state index in [1.807, 2.05) is 6.07 Å². The zero-order chi connectivity index (χ0) is 11.5. The van der Waals surface area contributed by atoms with E-state index in [0.717, 1.165) is 5.75 Å². The van der Waals surface area contributed by atoms with E-state index in [0.29, 0.717) is 0 Å². The fourth-order valence-corrected chi connectivity index (χ4v) is 1.94. The summed E-state index contributed by atoms with van der Waals surface area (Å²) >= 11 is 0. The number of benzene rings is 2. The van der Waals surface area contributed by atoms with Crippen LogP contribution in [0.1, 0.15) is 11.1 Å². The van der Waals surface area contributed by atoms with E-state index in [4.69, 9.17) is 4.74 Å². The maximum Gasteiger partial charge on any atom is 0.121 e.